The highest BCUT2D eigenvalue weighted by Gasteiger charge is 2.17. The van der Waals surface area contributed by atoms with Gasteiger partial charge in [0.2, 0.25) is 0 Å². The molecule has 2 aliphatic carbocycles. The van der Waals surface area contributed by atoms with E-state index in [0.717, 1.165) is 5.92 Å². The van der Waals surface area contributed by atoms with E-state index in [1.54, 1.807) is 5.57 Å². The average Bonchev–Trinajstić information content (AvgIpc) is 1.99. The molecule has 0 atom stereocenters. The highest BCUT2D eigenvalue weighted by Crippen LogP contribution is 2.33. The van der Waals surface area contributed by atoms with Gasteiger partial charge in [-0.15, -0.1) is 0 Å². The van der Waals surface area contributed by atoms with Crippen molar-refractivity contribution in [2.45, 2.75) is 38.5 Å². The molecule has 2 aliphatic rings. The van der Waals surface area contributed by atoms with Gasteiger partial charge in [-0.05, 0) is 25.2 Å². The van der Waals surface area contributed by atoms with Crippen molar-refractivity contribution >= 4 is 0 Å². The van der Waals surface area contributed by atoms with Crippen molar-refractivity contribution in [3.8, 4) is 0 Å². The lowest BCUT2D eigenvalue weighted by Crippen LogP contribution is -2.11. The lowest BCUT2D eigenvalue weighted by Gasteiger charge is -2.26. The second-order valence-corrected chi connectivity index (χ2v) is 3.76. The van der Waals surface area contributed by atoms with E-state index >= 15 is 0 Å². The normalized spacial score (nSPS) is 24.5. The van der Waals surface area contributed by atoms with Crippen LogP contribution in [-0.4, -0.2) is 0 Å². The number of rotatable bonds is 2. The quantitative estimate of drug-likeness (QED) is 0.562. The van der Waals surface area contributed by atoms with Crippen LogP contribution >= 0.6 is 0 Å². The molecule has 0 aromatic rings. The van der Waals surface area contributed by atoms with E-state index in [-0.39, 0.29) is 0 Å². The fourth-order valence-electron chi connectivity index (χ4n) is 1.85. The Morgan fingerprint density at radius 2 is 2.18 bits per heavy atom. The molecule has 0 aliphatic heterocycles. The van der Waals surface area contributed by atoms with Crippen LogP contribution in [0.4, 0.5) is 0 Å². The molecule has 0 spiro atoms. The molecule has 11 heavy (non-hydrogen) atoms. The Kier molecular flexibility index (Phi) is 2.11. The van der Waals surface area contributed by atoms with Gasteiger partial charge in [0.25, 0.3) is 0 Å². The van der Waals surface area contributed by atoms with Crippen molar-refractivity contribution in [3.05, 3.63) is 23.8 Å². The Morgan fingerprint density at radius 3 is 2.73 bits per heavy atom. The second kappa shape index (κ2) is 3.25. The molecule has 0 aromatic carbocycles. The maximum absolute atomic E-state index is 2.42. The third-order valence-corrected chi connectivity index (χ3v) is 2.82. The topological polar surface area (TPSA) is 0 Å². The van der Waals surface area contributed by atoms with E-state index in [1.165, 1.54) is 38.5 Å². The van der Waals surface area contributed by atoms with Crippen LogP contribution in [0.15, 0.2) is 23.8 Å². The number of allylic oxidation sites excluding steroid dienone is 4. The van der Waals surface area contributed by atoms with E-state index < -0.39 is 0 Å². The summed E-state index contributed by atoms with van der Waals surface area (Å²) in [4.78, 5) is 0. The van der Waals surface area contributed by atoms with E-state index in [0.29, 0.717) is 0 Å². The molecule has 0 amide bonds. The zero-order valence-electron chi connectivity index (χ0n) is 7.05. The van der Waals surface area contributed by atoms with Crippen LogP contribution in [0.5, 0.6) is 0 Å². The summed E-state index contributed by atoms with van der Waals surface area (Å²) in [6.07, 6.45) is 15.4. The van der Waals surface area contributed by atoms with Gasteiger partial charge in [-0.3, -0.25) is 0 Å². The van der Waals surface area contributed by atoms with Crippen LogP contribution in [-0.2, 0) is 0 Å². The van der Waals surface area contributed by atoms with Gasteiger partial charge in [-0.2, -0.15) is 0 Å². The molecule has 0 radical (unpaired) electrons. The van der Waals surface area contributed by atoms with Gasteiger partial charge in [0.15, 0.2) is 0 Å². The van der Waals surface area contributed by atoms with Gasteiger partial charge in [0.05, 0.1) is 0 Å². The first kappa shape index (κ1) is 7.15. The molecule has 0 bridgehead atoms. The molecule has 0 nitrogen and oxygen atoms in total. The molecular formula is C11H16. The van der Waals surface area contributed by atoms with Crippen molar-refractivity contribution in [1.82, 2.24) is 0 Å². The lowest BCUT2D eigenvalue weighted by atomic mass is 9.80. The van der Waals surface area contributed by atoms with Gasteiger partial charge in [0, 0.05) is 0 Å². The van der Waals surface area contributed by atoms with Crippen molar-refractivity contribution < 1.29 is 0 Å². The van der Waals surface area contributed by atoms with Crippen molar-refractivity contribution in [1.29, 1.82) is 0 Å². The monoisotopic (exact) mass is 148 g/mol. The molecule has 0 heterocycles. The minimum atomic E-state index is 1.03. The van der Waals surface area contributed by atoms with Crippen LogP contribution in [0.25, 0.3) is 0 Å². The standard InChI is InChI=1S/C11H16/c1-2-5-10(6-3-1)9-11-7-4-8-11/h2,5-6,11H,1,3-4,7-9H2. The molecular weight excluding hydrogens is 132 g/mol. The fraction of sp³-hybridized carbons (Fsp3) is 0.636. The zero-order valence-corrected chi connectivity index (χ0v) is 7.05. The number of hydrogen-bond donors (Lipinski definition) is 0. The molecule has 0 heteroatoms. The number of hydrogen-bond acceptors (Lipinski definition) is 0. The third kappa shape index (κ3) is 1.74. The summed E-state index contributed by atoms with van der Waals surface area (Å²) in [5.74, 6) is 1.03. The minimum Gasteiger partial charge on any atom is -0.0840 e. The highest BCUT2D eigenvalue weighted by atomic mass is 14.2. The molecule has 0 N–H and O–H groups in total. The minimum absolute atomic E-state index is 1.03. The maximum atomic E-state index is 2.42. The summed E-state index contributed by atoms with van der Waals surface area (Å²) < 4.78 is 0. The van der Waals surface area contributed by atoms with Crippen molar-refractivity contribution in [3.63, 3.8) is 0 Å². The Bertz CT molecular complexity index is 182. The van der Waals surface area contributed by atoms with Crippen molar-refractivity contribution in [2.75, 3.05) is 0 Å². The van der Waals surface area contributed by atoms with Crippen LogP contribution in [0.2, 0.25) is 0 Å². The van der Waals surface area contributed by atoms with Crippen molar-refractivity contribution in [2.24, 2.45) is 5.92 Å². The molecule has 1 fully saturated rings. The van der Waals surface area contributed by atoms with E-state index in [1.807, 2.05) is 0 Å². The predicted molar refractivity (Wildman–Crippen MR) is 48.4 cm³/mol. The second-order valence-electron chi connectivity index (χ2n) is 3.76. The van der Waals surface area contributed by atoms with Gasteiger partial charge >= 0.3 is 0 Å². The molecule has 0 unspecified atom stereocenters. The first-order valence-electron chi connectivity index (χ1n) is 4.81. The Labute approximate surface area is 69.0 Å². The highest BCUT2D eigenvalue weighted by molar-refractivity contribution is 5.22. The van der Waals surface area contributed by atoms with Crippen LogP contribution in [0, 0.1) is 5.92 Å². The lowest BCUT2D eigenvalue weighted by molar-refractivity contribution is 0.315. The van der Waals surface area contributed by atoms with E-state index in [4.69, 9.17) is 0 Å². The first-order valence-corrected chi connectivity index (χ1v) is 4.81. The smallest absolute Gasteiger partial charge is 0.0254 e. The largest absolute Gasteiger partial charge is 0.0840 e. The molecule has 2 rings (SSSR count). The predicted octanol–water partition coefficient (Wildman–Crippen LogP) is 3.45. The van der Waals surface area contributed by atoms with Gasteiger partial charge < -0.3 is 0 Å². The van der Waals surface area contributed by atoms with Crippen LogP contribution in [0.1, 0.15) is 38.5 Å². The molecule has 60 valence electrons. The summed E-state index contributed by atoms with van der Waals surface area (Å²) in [6, 6.07) is 0. The molecule has 1 saturated carbocycles. The van der Waals surface area contributed by atoms with Gasteiger partial charge in [-0.25, -0.2) is 0 Å². The van der Waals surface area contributed by atoms with Crippen LogP contribution < -0.4 is 0 Å². The Balaban J connectivity index is 1.84. The summed E-state index contributed by atoms with van der Waals surface area (Å²) in [6.45, 7) is 0. The first-order chi connectivity index (χ1) is 5.45. The summed E-state index contributed by atoms with van der Waals surface area (Å²) >= 11 is 0. The van der Waals surface area contributed by atoms with Gasteiger partial charge in [0.1, 0.15) is 0 Å². The molecule has 0 aromatic heterocycles. The SMILES string of the molecule is C1=CC(CC2CCC2)=CCC1. The third-order valence-electron chi connectivity index (χ3n) is 2.82. The van der Waals surface area contributed by atoms with E-state index in [2.05, 4.69) is 18.2 Å². The average molecular weight is 148 g/mol. The Morgan fingerprint density at radius 1 is 1.27 bits per heavy atom. The summed E-state index contributed by atoms with van der Waals surface area (Å²) in [7, 11) is 0. The maximum Gasteiger partial charge on any atom is -0.0254 e. The molecule has 0 saturated heterocycles. The fourth-order valence-corrected chi connectivity index (χ4v) is 1.85. The summed E-state index contributed by atoms with van der Waals surface area (Å²) in [5.41, 5.74) is 1.60. The zero-order chi connectivity index (χ0) is 7.52. The van der Waals surface area contributed by atoms with E-state index in [9.17, 15) is 0 Å². The van der Waals surface area contributed by atoms with Gasteiger partial charge in [-0.1, -0.05) is 43.1 Å². The summed E-state index contributed by atoms with van der Waals surface area (Å²) in [5, 5.41) is 0. The van der Waals surface area contributed by atoms with Crippen LogP contribution in [0.3, 0.4) is 0 Å². The Hall–Kier alpha value is -0.520.